The summed E-state index contributed by atoms with van der Waals surface area (Å²) in [6.07, 6.45) is 3.36. The molecule has 2 saturated heterocycles. The molecule has 5 unspecified atom stereocenters. The van der Waals surface area contributed by atoms with Crippen molar-refractivity contribution in [3.63, 3.8) is 0 Å². The average Bonchev–Trinajstić information content (AvgIpc) is 3.10. The number of hydrogen-bond donors (Lipinski definition) is 2. The van der Waals surface area contributed by atoms with Crippen molar-refractivity contribution >= 4 is 23.4 Å². The summed E-state index contributed by atoms with van der Waals surface area (Å²) in [5.41, 5.74) is 1.98. The number of amides is 3. The molecule has 30 heavy (non-hydrogen) atoms. The van der Waals surface area contributed by atoms with Crippen LogP contribution in [0.25, 0.3) is 0 Å². The number of nitrogens with zero attached hydrogens (tertiary/aromatic N) is 1. The highest BCUT2D eigenvalue weighted by atomic mass is 16.5. The Morgan fingerprint density at radius 1 is 1.20 bits per heavy atom. The van der Waals surface area contributed by atoms with Crippen LogP contribution in [0.2, 0.25) is 0 Å². The number of aryl methyl sites for hydroxylation is 1. The maximum Gasteiger partial charge on any atom is 0.227 e. The second-order valence-electron chi connectivity index (χ2n) is 9.02. The van der Waals surface area contributed by atoms with Gasteiger partial charge in [0.25, 0.3) is 0 Å². The van der Waals surface area contributed by atoms with Gasteiger partial charge in [0.1, 0.15) is 0 Å². The Kier molecular flexibility index (Phi) is 6.09. The van der Waals surface area contributed by atoms with E-state index in [0.29, 0.717) is 25.5 Å². The van der Waals surface area contributed by atoms with E-state index in [0.717, 1.165) is 30.5 Å². The monoisotopic (exact) mass is 413 g/mol. The molecule has 0 spiro atoms. The molecule has 3 amide bonds. The highest BCUT2D eigenvalue weighted by Gasteiger charge is 2.42. The molecule has 0 aromatic heterocycles. The molecule has 162 valence electrons. The first-order valence-electron chi connectivity index (χ1n) is 10.9. The third-order valence-corrected chi connectivity index (χ3v) is 6.87. The summed E-state index contributed by atoms with van der Waals surface area (Å²) >= 11 is 0. The van der Waals surface area contributed by atoms with Gasteiger partial charge in [-0.25, -0.2) is 0 Å². The van der Waals surface area contributed by atoms with Crippen molar-refractivity contribution in [2.24, 2.45) is 17.8 Å². The summed E-state index contributed by atoms with van der Waals surface area (Å²) in [5, 5.41) is 6.27. The number of rotatable bonds is 5. The molecule has 2 N–H and O–H groups in total. The zero-order valence-electron chi connectivity index (χ0n) is 17.7. The molecule has 1 saturated carbocycles. The lowest BCUT2D eigenvalue weighted by molar-refractivity contribution is -0.129. The quantitative estimate of drug-likeness (QED) is 0.770. The van der Waals surface area contributed by atoms with Crippen LogP contribution < -0.4 is 15.5 Å². The summed E-state index contributed by atoms with van der Waals surface area (Å²) in [7, 11) is 1.68. The molecule has 1 aromatic carbocycles. The summed E-state index contributed by atoms with van der Waals surface area (Å²) in [6, 6.07) is 7.92. The van der Waals surface area contributed by atoms with Gasteiger partial charge >= 0.3 is 0 Å². The van der Waals surface area contributed by atoms with Crippen molar-refractivity contribution in [2.45, 2.75) is 51.1 Å². The van der Waals surface area contributed by atoms with E-state index < -0.39 is 0 Å². The van der Waals surface area contributed by atoms with Gasteiger partial charge in [0.05, 0.1) is 5.92 Å². The summed E-state index contributed by atoms with van der Waals surface area (Å²) in [4.78, 5) is 39.1. The highest BCUT2D eigenvalue weighted by molar-refractivity contribution is 6.00. The summed E-state index contributed by atoms with van der Waals surface area (Å²) < 4.78 is 5.31. The molecule has 1 aromatic rings. The van der Waals surface area contributed by atoms with Crippen LogP contribution in [0.5, 0.6) is 0 Å². The third kappa shape index (κ3) is 4.36. The maximum absolute atomic E-state index is 12.9. The van der Waals surface area contributed by atoms with Crippen molar-refractivity contribution in [1.29, 1.82) is 0 Å². The smallest absolute Gasteiger partial charge is 0.227 e. The number of carbonyl (C=O) groups is 3. The van der Waals surface area contributed by atoms with Gasteiger partial charge in [-0.1, -0.05) is 17.7 Å². The minimum Gasteiger partial charge on any atom is -0.384 e. The van der Waals surface area contributed by atoms with Gasteiger partial charge in [-0.3, -0.25) is 14.4 Å². The van der Waals surface area contributed by atoms with E-state index in [4.69, 9.17) is 4.74 Å². The molecule has 3 fully saturated rings. The van der Waals surface area contributed by atoms with Crippen molar-refractivity contribution in [2.75, 3.05) is 25.2 Å². The number of anilines is 1. The van der Waals surface area contributed by atoms with E-state index >= 15 is 0 Å². The van der Waals surface area contributed by atoms with E-state index in [1.54, 1.807) is 12.0 Å². The first kappa shape index (κ1) is 20.8. The first-order chi connectivity index (χ1) is 14.4. The van der Waals surface area contributed by atoms with Crippen LogP contribution in [0.15, 0.2) is 24.3 Å². The fourth-order valence-electron chi connectivity index (χ4n) is 5.28. The van der Waals surface area contributed by atoms with E-state index in [-0.39, 0.29) is 48.1 Å². The molecule has 5 atom stereocenters. The lowest BCUT2D eigenvalue weighted by Crippen LogP contribution is -2.56. The van der Waals surface area contributed by atoms with Gasteiger partial charge in [-0.2, -0.15) is 0 Å². The van der Waals surface area contributed by atoms with Crippen LogP contribution in [0.3, 0.4) is 0 Å². The molecule has 0 bridgehead atoms. The van der Waals surface area contributed by atoms with E-state index in [1.165, 1.54) is 0 Å². The number of hydrogen-bond acceptors (Lipinski definition) is 4. The molecule has 2 heterocycles. The third-order valence-electron chi connectivity index (χ3n) is 6.87. The Morgan fingerprint density at radius 3 is 2.70 bits per heavy atom. The van der Waals surface area contributed by atoms with Crippen LogP contribution in [-0.4, -0.2) is 50.1 Å². The molecular formula is C23H31N3O4. The van der Waals surface area contributed by atoms with Gasteiger partial charge in [0.2, 0.25) is 17.7 Å². The first-order valence-corrected chi connectivity index (χ1v) is 10.9. The Morgan fingerprint density at radius 2 is 1.97 bits per heavy atom. The van der Waals surface area contributed by atoms with Gasteiger partial charge in [0, 0.05) is 50.9 Å². The normalized spacial score (nSPS) is 31.3. The second kappa shape index (κ2) is 8.76. The number of methoxy groups -OCH3 is 1. The Balaban J connectivity index is 1.34. The van der Waals surface area contributed by atoms with Gasteiger partial charge < -0.3 is 20.3 Å². The lowest BCUT2D eigenvalue weighted by atomic mass is 9.71. The Labute approximate surface area is 177 Å². The fourth-order valence-corrected chi connectivity index (χ4v) is 5.28. The number of piperidine rings is 1. The van der Waals surface area contributed by atoms with E-state index in [9.17, 15) is 14.4 Å². The molecular weight excluding hydrogens is 382 g/mol. The SMILES string of the molecule is COCC1CC(=O)NC2CC(NC(=O)C3CC(=O)N(c4ccc(C)cc4)C3)CCC12. The topological polar surface area (TPSA) is 87.7 Å². The number of fused-ring (bicyclic) bond motifs is 1. The molecule has 7 heteroatoms. The van der Waals surface area contributed by atoms with E-state index in [2.05, 4.69) is 10.6 Å². The van der Waals surface area contributed by atoms with Crippen molar-refractivity contribution in [1.82, 2.24) is 10.6 Å². The zero-order valence-corrected chi connectivity index (χ0v) is 17.7. The highest BCUT2D eigenvalue weighted by Crippen LogP contribution is 2.36. The average molecular weight is 414 g/mol. The van der Waals surface area contributed by atoms with Crippen molar-refractivity contribution < 1.29 is 19.1 Å². The lowest BCUT2D eigenvalue weighted by Gasteiger charge is -2.44. The zero-order chi connectivity index (χ0) is 21.3. The molecule has 4 rings (SSSR count). The number of benzene rings is 1. The van der Waals surface area contributed by atoms with Crippen molar-refractivity contribution in [3.05, 3.63) is 29.8 Å². The van der Waals surface area contributed by atoms with Crippen LogP contribution in [0.4, 0.5) is 5.69 Å². The number of nitrogens with one attached hydrogen (secondary N) is 2. The van der Waals surface area contributed by atoms with Gasteiger partial charge in [0.15, 0.2) is 0 Å². The molecule has 1 aliphatic carbocycles. The standard InChI is InChI=1S/C23H31N3O4/c1-14-3-6-18(7-4-14)26-12-15(10-22(26)28)23(29)24-17-5-8-19-16(13-30-2)9-21(27)25-20(19)11-17/h3-4,6-7,15-17,19-20H,5,8-13H2,1-2H3,(H,24,29)(H,25,27). The molecule has 3 aliphatic rings. The van der Waals surface area contributed by atoms with Crippen molar-refractivity contribution in [3.8, 4) is 0 Å². The van der Waals surface area contributed by atoms with Crippen LogP contribution in [0.1, 0.15) is 37.7 Å². The van der Waals surface area contributed by atoms with Gasteiger partial charge in [-0.15, -0.1) is 0 Å². The Hall–Kier alpha value is -2.41. The van der Waals surface area contributed by atoms with Crippen LogP contribution in [-0.2, 0) is 19.1 Å². The van der Waals surface area contributed by atoms with Crippen LogP contribution >= 0.6 is 0 Å². The minimum atomic E-state index is -0.335. The summed E-state index contributed by atoms with van der Waals surface area (Å²) in [5.74, 6) is 0.322. The number of ether oxygens (including phenoxy) is 1. The minimum absolute atomic E-state index is 0.00957. The summed E-state index contributed by atoms with van der Waals surface area (Å²) in [6.45, 7) is 3.02. The van der Waals surface area contributed by atoms with Gasteiger partial charge in [-0.05, 0) is 50.2 Å². The molecule has 2 aliphatic heterocycles. The molecule has 7 nitrogen and oxygen atoms in total. The molecule has 0 radical (unpaired) electrons. The Bertz CT molecular complexity index is 809. The predicted molar refractivity (Wildman–Crippen MR) is 113 cm³/mol. The predicted octanol–water partition coefficient (Wildman–Crippen LogP) is 1.78. The number of carbonyl (C=O) groups excluding carboxylic acids is 3. The van der Waals surface area contributed by atoms with Crippen LogP contribution in [0, 0.1) is 24.7 Å². The van der Waals surface area contributed by atoms with E-state index in [1.807, 2.05) is 31.2 Å². The fraction of sp³-hybridized carbons (Fsp3) is 0.609. The largest absolute Gasteiger partial charge is 0.384 e. The second-order valence-corrected chi connectivity index (χ2v) is 9.02. The maximum atomic E-state index is 12.9.